The minimum atomic E-state index is -5.57. The number of anilines is 2. The summed E-state index contributed by atoms with van der Waals surface area (Å²) in [5, 5.41) is 42.1. The molecule has 0 saturated carbocycles. The lowest BCUT2D eigenvalue weighted by Crippen LogP contribution is -2.46. The number of nitrogens with two attached hydrogens (primary N) is 2. The average Bonchev–Trinajstić information content (AvgIpc) is 3.74. The Kier molecular flexibility index (Phi) is 10.1. The molecule has 283 valence electrons. The Labute approximate surface area is 288 Å². The normalized spacial score (nSPS) is 30.1. The van der Waals surface area contributed by atoms with Gasteiger partial charge in [0, 0.05) is 0 Å². The molecule has 27 nitrogen and oxygen atoms in total. The van der Waals surface area contributed by atoms with Gasteiger partial charge in [-0.25, -0.2) is 27.3 Å². The second-order valence-corrected chi connectivity index (χ2v) is 16.1. The summed E-state index contributed by atoms with van der Waals surface area (Å²) in [5.74, 6) is -0.566. The fourth-order valence-corrected chi connectivity index (χ4v) is 9.20. The predicted octanol–water partition coefficient (Wildman–Crippen LogP) is -4.37. The number of ether oxygens (including phenoxy) is 2. The second kappa shape index (κ2) is 13.8. The van der Waals surface area contributed by atoms with Gasteiger partial charge < -0.3 is 63.3 Å². The molecule has 0 aliphatic carbocycles. The molecular weight excluding hydrogens is 768 g/mol. The van der Waals surface area contributed by atoms with Crippen molar-refractivity contribution < 1.29 is 75.6 Å². The molecule has 0 spiro atoms. The molecule has 6 heterocycles. The number of aromatic nitrogens is 8. The van der Waals surface area contributed by atoms with Gasteiger partial charge in [-0.05, 0) is 0 Å². The maximum absolute atomic E-state index is 12.6. The number of aliphatic hydroxyl groups excluding tert-OH is 4. The van der Waals surface area contributed by atoms with E-state index in [1.807, 2.05) is 0 Å². The van der Waals surface area contributed by atoms with E-state index in [-0.39, 0.29) is 34.2 Å². The summed E-state index contributed by atoms with van der Waals surface area (Å²) in [6, 6.07) is 0. The molecule has 4 aromatic rings. The summed E-state index contributed by atoms with van der Waals surface area (Å²) in [6.07, 6.45) is -10.7. The van der Waals surface area contributed by atoms with E-state index in [1.165, 1.54) is 17.9 Å². The Morgan fingerprint density at radius 3 is 2.10 bits per heavy atom. The summed E-state index contributed by atoms with van der Waals surface area (Å²) in [6.45, 7) is -2.06. The molecule has 31 heteroatoms. The Hall–Kier alpha value is -3.43. The topological polar surface area (TPSA) is 398 Å². The molecule has 2 fully saturated rings. The van der Waals surface area contributed by atoms with Crippen molar-refractivity contribution >= 4 is 64.9 Å². The van der Waals surface area contributed by atoms with E-state index in [0.29, 0.717) is 0 Å². The van der Waals surface area contributed by atoms with Crippen molar-refractivity contribution in [1.29, 1.82) is 0 Å². The lowest BCUT2D eigenvalue weighted by Gasteiger charge is -2.29. The zero-order valence-corrected chi connectivity index (χ0v) is 28.8. The first-order chi connectivity index (χ1) is 24.2. The van der Waals surface area contributed by atoms with Crippen LogP contribution in [0.3, 0.4) is 0 Å². The van der Waals surface area contributed by atoms with Gasteiger partial charge in [0.05, 0.1) is 34.1 Å². The number of imidazole rings is 2. The van der Waals surface area contributed by atoms with Crippen molar-refractivity contribution in [2.24, 2.45) is 7.05 Å². The highest BCUT2D eigenvalue weighted by Crippen LogP contribution is 2.67. The van der Waals surface area contributed by atoms with Crippen molar-refractivity contribution in [2.75, 3.05) is 24.7 Å². The Balaban J connectivity index is 1.05. The molecule has 0 bridgehead atoms. The van der Waals surface area contributed by atoms with Crippen molar-refractivity contribution in [3.8, 4) is 0 Å². The molecule has 2 aliphatic heterocycles. The highest BCUT2D eigenvalue weighted by molar-refractivity contribution is 7.86. The minimum Gasteiger partial charge on any atom is -0.442 e. The number of nitrogen functional groups attached to an aromatic ring is 2. The first-order valence-corrected chi connectivity index (χ1v) is 19.0. The van der Waals surface area contributed by atoms with Crippen molar-refractivity contribution in [3.05, 3.63) is 33.4 Å². The molecular formula is C21H29BN10O17P3. The highest BCUT2D eigenvalue weighted by atomic mass is 31.3. The van der Waals surface area contributed by atoms with Crippen LogP contribution in [0.25, 0.3) is 22.3 Å². The number of aryl methyl sites for hydroxylation is 1. The van der Waals surface area contributed by atoms with E-state index in [4.69, 9.17) is 28.5 Å². The van der Waals surface area contributed by atoms with Crippen LogP contribution in [0.5, 0.6) is 0 Å². The fraction of sp³-hybridized carbons (Fsp3) is 0.524. The number of rotatable bonds is 12. The van der Waals surface area contributed by atoms with E-state index in [9.17, 15) is 53.5 Å². The van der Waals surface area contributed by atoms with Gasteiger partial charge in [0.15, 0.2) is 23.7 Å². The minimum absolute atomic E-state index is 0.0237. The van der Waals surface area contributed by atoms with Crippen molar-refractivity contribution in [3.63, 3.8) is 0 Å². The summed E-state index contributed by atoms with van der Waals surface area (Å²) in [7, 11) is -9.92. The van der Waals surface area contributed by atoms with Gasteiger partial charge in [-0.1, -0.05) is 4.98 Å². The number of hydrogen-bond donors (Lipinski definition) is 10. The molecule has 3 unspecified atom stereocenters. The van der Waals surface area contributed by atoms with E-state index in [0.717, 1.165) is 15.5 Å². The number of hydrogen-bond acceptors (Lipinski definition) is 20. The number of nitrogens with one attached hydrogen (secondary N) is 2. The number of H-pyrrole nitrogens is 2. The average molecular weight is 797 g/mol. The fourth-order valence-electron chi connectivity index (χ4n) is 5.46. The monoisotopic (exact) mass is 797 g/mol. The second-order valence-electron chi connectivity index (χ2n) is 11.4. The van der Waals surface area contributed by atoms with Crippen LogP contribution < -0.4 is 27.2 Å². The van der Waals surface area contributed by atoms with Crippen LogP contribution in [0.1, 0.15) is 12.5 Å². The van der Waals surface area contributed by atoms with Gasteiger partial charge in [0.2, 0.25) is 17.7 Å². The smallest absolute Gasteiger partial charge is 0.442 e. The predicted molar refractivity (Wildman–Crippen MR) is 167 cm³/mol. The SMILES string of the molecule is [B-]P(=O)(OP(=O)(O)OC[C@H]1O[C@@H](n2cnc3c(=O)[nH]c(N)nc32)[C@H](O)[C@@H]1O)OP(=O)(O)OC[C@H]1O[C@@H]([n+]2cn(C)c3c(=O)[nH]c(N)nc32)[C@H](O)[C@@H]1O. The molecule has 4 aromatic heterocycles. The van der Waals surface area contributed by atoms with Crippen LogP contribution in [0.15, 0.2) is 22.2 Å². The number of aliphatic hydroxyl groups is 4. The lowest BCUT2D eigenvalue weighted by molar-refractivity contribution is -0.745. The Bertz CT molecular complexity index is 2280. The summed E-state index contributed by atoms with van der Waals surface area (Å²) in [5.41, 5.74) is 9.48. The van der Waals surface area contributed by atoms with Crippen LogP contribution in [0.4, 0.5) is 11.9 Å². The van der Waals surface area contributed by atoms with Crippen molar-refractivity contribution in [2.45, 2.75) is 49.1 Å². The summed E-state index contributed by atoms with van der Waals surface area (Å²) < 4.78 is 70.2. The third kappa shape index (κ3) is 7.50. The Morgan fingerprint density at radius 2 is 1.46 bits per heavy atom. The van der Waals surface area contributed by atoms with Crippen molar-refractivity contribution in [1.82, 2.24) is 34.1 Å². The zero-order chi connectivity index (χ0) is 38.1. The largest absolute Gasteiger partial charge is 0.476 e. The van der Waals surface area contributed by atoms with Gasteiger partial charge in [-0.2, -0.15) is 4.98 Å². The standard InChI is InChI=1S/C21H28BN10O17P3/c1-30-5-32(15-9(30)17(38)29-21(24)27-15)19-13(36)11(34)7(47-19)3-45-52(42,43)49-50(22,39)48-51(40,41)44-2-6-10(33)12(35)18(46-6)31-4-25-8-14(31)26-20(23)28-16(8)37/h4-7,10-13,18-19,33-36H,2-3H2,1H3,(H7-,23,24,26,27,28,29,37,38,40,41,42,43)/q-1/p+1/t6-,7-,10-,11-,12-,13-,18-,19-,50?/m1/s1. The molecule has 2 aliphatic rings. The van der Waals surface area contributed by atoms with Crippen LogP contribution >= 0.6 is 23.1 Å². The van der Waals surface area contributed by atoms with Crippen LogP contribution in [-0.2, 0) is 47.9 Å². The quantitative estimate of drug-likeness (QED) is 0.0368. The molecule has 52 heavy (non-hydrogen) atoms. The van der Waals surface area contributed by atoms with Gasteiger partial charge in [-0.3, -0.25) is 37.7 Å². The maximum Gasteiger partial charge on any atom is 0.476 e. The summed E-state index contributed by atoms with van der Waals surface area (Å²) in [4.78, 5) is 60.9. The first kappa shape index (κ1) is 38.3. The van der Waals surface area contributed by atoms with Gasteiger partial charge in [-0.15, -0.1) is 0 Å². The summed E-state index contributed by atoms with van der Waals surface area (Å²) >= 11 is 0. The molecule has 0 amide bonds. The lowest BCUT2D eigenvalue weighted by atomic mass is 10.1. The van der Waals surface area contributed by atoms with Gasteiger partial charge >= 0.3 is 21.3 Å². The van der Waals surface area contributed by atoms with Crippen LogP contribution in [-0.4, -0.2) is 122 Å². The van der Waals surface area contributed by atoms with Gasteiger partial charge in [0.25, 0.3) is 17.1 Å². The number of aromatic amines is 2. The van der Waals surface area contributed by atoms with E-state index < -0.39 is 96.5 Å². The third-order valence-electron chi connectivity index (χ3n) is 7.70. The van der Waals surface area contributed by atoms with E-state index in [2.05, 4.69) is 42.6 Å². The Morgan fingerprint density at radius 1 is 0.904 bits per heavy atom. The molecule has 12 N–H and O–H groups in total. The first-order valence-electron chi connectivity index (χ1n) is 14.4. The van der Waals surface area contributed by atoms with Crippen LogP contribution in [0, 0.1) is 0 Å². The molecule has 0 aromatic carbocycles. The number of fused-ring (bicyclic) bond motifs is 2. The zero-order valence-electron chi connectivity index (χ0n) is 26.1. The van der Waals surface area contributed by atoms with Crippen LogP contribution in [0.2, 0.25) is 0 Å². The van der Waals surface area contributed by atoms with E-state index in [1.54, 1.807) is 0 Å². The molecule has 2 saturated heterocycles. The number of phosphoric ester groups is 2. The van der Waals surface area contributed by atoms with E-state index >= 15 is 0 Å². The number of nitrogens with zero attached hydrogens (tertiary/aromatic N) is 6. The number of phosphoric acid groups is 2. The highest BCUT2D eigenvalue weighted by Gasteiger charge is 2.49. The molecule has 3 radical (unpaired) electrons. The van der Waals surface area contributed by atoms with Gasteiger partial charge in [0.1, 0.15) is 36.6 Å². The maximum atomic E-state index is 12.6. The third-order valence-corrected chi connectivity index (χ3v) is 12.1. The molecule has 6 rings (SSSR count). The molecule has 11 atom stereocenters.